The van der Waals surface area contributed by atoms with Crippen molar-refractivity contribution >= 4 is 5.96 Å². The summed E-state index contributed by atoms with van der Waals surface area (Å²) < 4.78 is 25.9. The summed E-state index contributed by atoms with van der Waals surface area (Å²) >= 11 is 0. The minimum absolute atomic E-state index is 0.00312. The summed E-state index contributed by atoms with van der Waals surface area (Å²) in [7, 11) is 0. The smallest absolute Gasteiger partial charge is 0.248 e. The average Bonchev–Trinajstić information content (AvgIpc) is 2.80. The number of guanidine groups is 1. The van der Waals surface area contributed by atoms with Gasteiger partial charge >= 0.3 is 0 Å². The van der Waals surface area contributed by atoms with E-state index in [1.807, 2.05) is 0 Å². The van der Waals surface area contributed by atoms with Gasteiger partial charge in [0.1, 0.15) is 0 Å². The van der Waals surface area contributed by atoms with Gasteiger partial charge in [0.2, 0.25) is 5.92 Å². The van der Waals surface area contributed by atoms with Crippen molar-refractivity contribution in [1.29, 1.82) is 0 Å². The van der Waals surface area contributed by atoms with E-state index in [0.29, 0.717) is 31.4 Å². The summed E-state index contributed by atoms with van der Waals surface area (Å²) in [4.78, 5) is 4.30. The maximum Gasteiger partial charge on any atom is 0.248 e. The first-order valence-corrected chi connectivity index (χ1v) is 6.99. The fourth-order valence-electron chi connectivity index (χ4n) is 2.83. The SMILES string of the molecule is NC(=NCC1CCC(F)(F)CC1)NC1CCCC1. The third-order valence-electron chi connectivity index (χ3n) is 4.06. The van der Waals surface area contributed by atoms with Crippen LogP contribution >= 0.6 is 0 Å². The molecule has 0 atom stereocenters. The average molecular weight is 259 g/mol. The van der Waals surface area contributed by atoms with E-state index in [1.165, 1.54) is 12.8 Å². The number of alkyl halides is 2. The van der Waals surface area contributed by atoms with Crippen molar-refractivity contribution in [2.75, 3.05) is 6.54 Å². The third-order valence-corrected chi connectivity index (χ3v) is 4.06. The Kier molecular flexibility index (Phi) is 4.40. The van der Waals surface area contributed by atoms with E-state index in [9.17, 15) is 8.78 Å². The lowest BCUT2D eigenvalue weighted by molar-refractivity contribution is -0.0446. The molecule has 2 rings (SSSR count). The first-order chi connectivity index (χ1) is 8.55. The Hall–Kier alpha value is -0.870. The molecule has 0 aromatic heterocycles. The quantitative estimate of drug-likeness (QED) is 0.604. The molecule has 0 saturated heterocycles. The van der Waals surface area contributed by atoms with Gasteiger partial charge < -0.3 is 11.1 Å². The topological polar surface area (TPSA) is 50.4 Å². The van der Waals surface area contributed by atoms with Crippen LogP contribution in [0, 0.1) is 5.92 Å². The minimum Gasteiger partial charge on any atom is -0.370 e. The van der Waals surface area contributed by atoms with Crippen LogP contribution in [0.25, 0.3) is 0 Å². The van der Waals surface area contributed by atoms with Crippen LogP contribution in [0.3, 0.4) is 0 Å². The van der Waals surface area contributed by atoms with Crippen molar-refractivity contribution in [2.45, 2.75) is 63.3 Å². The molecule has 0 aliphatic heterocycles. The molecule has 2 fully saturated rings. The second-order valence-corrected chi connectivity index (χ2v) is 5.65. The molecular formula is C13H23F2N3. The van der Waals surface area contributed by atoms with Crippen LogP contribution < -0.4 is 11.1 Å². The highest BCUT2D eigenvalue weighted by molar-refractivity contribution is 5.78. The number of rotatable bonds is 3. The Bertz CT molecular complexity index is 289. The van der Waals surface area contributed by atoms with Crippen LogP contribution in [-0.4, -0.2) is 24.5 Å². The Morgan fingerprint density at radius 2 is 1.78 bits per heavy atom. The Labute approximate surface area is 107 Å². The van der Waals surface area contributed by atoms with Crippen molar-refractivity contribution in [1.82, 2.24) is 5.32 Å². The van der Waals surface area contributed by atoms with E-state index >= 15 is 0 Å². The summed E-state index contributed by atoms with van der Waals surface area (Å²) in [6.45, 7) is 0.585. The zero-order valence-electron chi connectivity index (χ0n) is 10.8. The third kappa shape index (κ3) is 4.10. The summed E-state index contributed by atoms with van der Waals surface area (Å²) in [5, 5.41) is 3.21. The van der Waals surface area contributed by atoms with E-state index in [4.69, 9.17) is 5.73 Å². The summed E-state index contributed by atoms with van der Waals surface area (Å²) in [6.07, 6.45) is 5.95. The molecular weight excluding hydrogens is 236 g/mol. The van der Waals surface area contributed by atoms with Gasteiger partial charge in [0, 0.05) is 25.4 Å². The van der Waals surface area contributed by atoms with Crippen LogP contribution in [0.1, 0.15) is 51.4 Å². The van der Waals surface area contributed by atoms with Gasteiger partial charge in [-0.05, 0) is 31.6 Å². The maximum atomic E-state index is 13.0. The molecule has 0 heterocycles. The van der Waals surface area contributed by atoms with E-state index in [0.717, 1.165) is 12.8 Å². The van der Waals surface area contributed by atoms with Crippen LogP contribution in [-0.2, 0) is 0 Å². The summed E-state index contributed by atoms with van der Waals surface area (Å²) in [6, 6.07) is 0.462. The van der Waals surface area contributed by atoms with E-state index in [1.54, 1.807) is 0 Å². The molecule has 0 spiro atoms. The number of aliphatic imine (C=N–C) groups is 1. The first kappa shape index (κ1) is 13.6. The molecule has 0 radical (unpaired) electrons. The van der Waals surface area contributed by atoms with Gasteiger partial charge in [-0.3, -0.25) is 4.99 Å². The Balaban J connectivity index is 1.69. The second kappa shape index (κ2) is 5.85. The number of hydrogen-bond donors (Lipinski definition) is 2. The zero-order valence-corrected chi connectivity index (χ0v) is 10.8. The molecule has 2 aliphatic rings. The molecule has 2 aliphatic carbocycles. The highest BCUT2D eigenvalue weighted by Crippen LogP contribution is 2.36. The minimum atomic E-state index is -2.45. The predicted octanol–water partition coefficient (Wildman–Crippen LogP) is 2.66. The van der Waals surface area contributed by atoms with Crippen molar-refractivity contribution in [3.8, 4) is 0 Å². The zero-order chi connectivity index (χ0) is 13.0. The monoisotopic (exact) mass is 259 g/mol. The molecule has 104 valence electrons. The lowest BCUT2D eigenvalue weighted by Crippen LogP contribution is -2.39. The fourth-order valence-corrected chi connectivity index (χ4v) is 2.83. The van der Waals surface area contributed by atoms with E-state index in [-0.39, 0.29) is 18.8 Å². The highest BCUT2D eigenvalue weighted by Gasteiger charge is 2.34. The molecule has 5 heteroatoms. The molecule has 0 aromatic carbocycles. The van der Waals surface area contributed by atoms with Gasteiger partial charge in [-0.2, -0.15) is 0 Å². The molecule has 0 amide bonds. The predicted molar refractivity (Wildman–Crippen MR) is 68.8 cm³/mol. The van der Waals surface area contributed by atoms with Gasteiger partial charge in [0.25, 0.3) is 0 Å². The van der Waals surface area contributed by atoms with Crippen molar-refractivity contribution < 1.29 is 8.78 Å². The molecule has 2 saturated carbocycles. The fraction of sp³-hybridized carbons (Fsp3) is 0.923. The number of hydrogen-bond acceptors (Lipinski definition) is 1. The lowest BCUT2D eigenvalue weighted by Gasteiger charge is -2.27. The van der Waals surface area contributed by atoms with Crippen LogP contribution in [0.4, 0.5) is 8.78 Å². The van der Waals surface area contributed by atoms with Gasteiger partial charge in [-0.15, -0.1) is 0 Å². The van der Waals surface area contributed by atoms with Gasteiger partial charge in [0.15, 0.2) is 5.96 Å². The van der Waals surface area contributed by atoms with Crippen molar-refractivity contribution in [2.24, 2.45) is 16.6 Å². The van der Waals surface area contributed by atoms with E-state index < -0.39 is 5.92 Å². The normalized spacial score (nSPS) is 26.4. The second-order valence-electron chi connectivity index (χ2n) is 5.65. The first-order valence-electron chi connectivity index (χ1n) is 6.99. The molecule has 0 bridgehead atoms. The largest absolute Gasteiger partial charge is 0.370 e. The van der Waals surface area contributed by atoms with Crippen molar-refractivity contribution in [3.05, 3.63) is 0 Å². The Morgan fingerprint density at radius 3 is 2.39 bits per heavy atom. The van der Waals surface area contributed by atoms with Crippen LogP contribution in [0.2, 0.25) is 0 Å². The molecule has 3 nitrogen and oxygen atoms in total. The van der Waals surface area contributed by atoms with Gasteiger partial charge in [0.05, 0.1) is 0 Å². The number of nitrogens with two attached hydrogens (primary N) is 1. The molecule has 3 N–H and O–H groups in total. The summed E-state index contributed by atoms with van der Waals surface area (Å²) in [5.41, 5.74) is 5.81. The maximum absolute atomic E-state index is 13.0. The van der Waals surface area contributed by atoms with Crippen molar-refractivity contribution in [3.63, 3.8) is 0 Å². The number of nitrogens with zero attached hydrogens (tertiary/aromatic N) is 1. The molecule has 0 aromatic rings. The standard InChI is InChI=1S/C13H23F2N3/c14-13(15)7-5-10(6-8-13)9-17-12(16)18-11-3-1-2-4-11/h10-11H,1-9H2,(H3,16,17,18). The van der Waals surface area contributed by atoms with E-state index in [2.05, 4.69) is 10.3 Å². The van der Waals surface area contributed by atoms with Crippen LogP contribution in [0.15, 0.2) is 4.99 Å². The summed E-state index contributed by atoms with van der Waals surface area (Å²) in [5.74, 6) is -1.69. The molecule has 18 heavy (non-hydrogen) atoms. The number of nitrogens with one attached hydrogen (secondary N) is 1. The Morgan fingerprint density at radius 1 is 1.17 bits per heavy atom. The van der Waals surface area contributed by atoms with Gasteiger partial charge in [-0.25, -0.2) is 8.78 Å². The number of halogens is 2. The lowest BCUT2D eigenvalue weighted by atomic mass is 9.87. The highest BCUT2D eigenvalue weighted by atomic mass is 19.3. The van der Waals surface area contributed by atoms with Gasteiger partial charge in [-0.1, -0.05) is 12.8 Å². The molecule has 0 unspecified atom stereocenters. The van der Waals surface area contributed by atoms with Crippen LogP contribution in [0.5, 0.6) is 0 Å².